The Morgan fingerprint density at radius 3 is 2.82 bits per heavy atom. The number of nitrogens with one attached hydrogen (secondary N) is 1. The van der Waals surface area contributed by atoms with E-state index in [9.17, 15) is 0 Å². The van der Waals surface area contributed by atoms with Crippen molar-refractivity contribution in [3.8, 4) is 0 Å². The third-order valence-electron chi connectivity index (χ3n) is 4.30. The van der Waals surface area contributed by atoms with Crippen molar-refractivity contribution in [1.29, 1.82) is 0 Å². The summed E-state index contributed by atoms with van der Waals surface area (Å²) in [6.45, 7) is 12.0. The highest BCUT2D eigenvalue weighted by Crippen LogP contribution is 2.36. The minimum absolute atomic E-state index is 0.562. The molecule has 0 spiro atoms. The van der Waals surface area contributed by atoms with E-state index in [4.69, 9.17) is 0 Å². The second-order valence-corrected chi connectivity index (χ2v) is 6.16. The molecular formula is C15H28N2. The van der Waals surface area contributed by atoms with Crippen molar-refractivity contribution in [2.75, 3.05) is 19.6 Å². The van der Waals surface area contributed by atoms with Gasteiger partial charge in [0.2, 0.25) is 0 Å². The average Bonchev–Trinajstić information content (AvgIpc) is 2.75. The smallest absolute Gasteiger partial charge is 0.0205 e. The molecule has 0 aromatic carbocycles. The third-order valence-corrected chi connectivity index (χ3v) is 4.30. The summed E-state index contributed by atoms with van der Waals surface area (Å²) in [7, 11) is 0. The minimum Gasteiger partial charge on any atom is -0.311 e. The van der Waals surface area contributed by atoms with Crippen molar-refractivity contribution >= 4 is 0 Å². The van der Waals surface area contributed by atoms with Gasteiger partial charge in [-0.25, -0.2) is 0 Å². The number of hydrogen-bond donors (Lipinski definition) is 1. The molecule has 0 aromatic rings. The van der Waals surface area contributed by atoms with E-state index in [1.165, 1.54) is 44.2 Å². The van der Waals surface area contributed by atoms with Crippen molar-refractivity contribution in [2.24, 2.45) is 5.92 Å². The van der Waals surface area contributed by atoms with Crippen molar-refractivity contribution in [3.63, 3.8) is 0 Å². The molecule has 2 rings (SSSR count). The lowest BCUT2D eigenvalue weighted by atomic mass is 9.91. The molecule has 1 aliphatic carbocycles. The van der Waals surface area contributed by atoms with Crippen LogP contribution in [0.4, 0.5) is 0 Å². The van der Waals surface area contributed by atoms with Crippen LogP contribution in [0.5, 0.6) is 0 Å². The monoisotopic (exact) mass is 236 g/mol. The molecular weight excluding hydrogens is 208 g/mol. The summed E-state index contributed by atoms with van der Waals surface area (Å²) >= 11 is 0. The van der Waals surface area contributed by atoms with Gasteiger partial charge >= 0.3 is 0 Å². The first-order chi connectivity index (χ1) is 8.16. The summed E-state index contributed by atoms with van der Waals surface area (Å²) in [5, 5.41) is 3.47. The van der Waals surface area contributed by atoms with Gasteiger partial charge in [-0.2, -0.15) is 0 Å². The summed E-state index contributed by atoms with van der Waals surface area (Å²) in [6, 6.07) is 1.44. The number of nitrogens with zero attached hydrogens (tertiary/aromatic N) is 1. The van der Waals surface area contributed by atoms with E-state index >= 15 is 0 Å². The predicted octanol–water partition coefficient (Wildman–Crippen LogP) is 2.81. The molecule has 0 bridgehead atoms. The van der Waals surface area contributed by atoms with E-state index in [2.05, 4.69) is 30.6 Å². The lowest BCUT2D eigenvalue weighted by molar-refractivity contribution is 0.123. The van der Waals surface area contributed by atoms with Gasteiger partial charge in [0.15, 0.2) is 0 Å². The van der Waals surface area contributed by atoms with Gasteiger partial charge in [0, 0.05) is 25.2 Å². The number of hydrogen-bond acceptors (Lipinski definition) is 2. The maximum Gasteiger partial charge on any atom is 0.0205 e. The highest BCUT2D eigenvalue weighted by molar-refractivity contribution is 5.03. The van der Waals surface area contributed by atoms with Gasteiger partial charge in [-0.3, -0.25) is 4.90 Å². The molecule has 0 aromatic heterocycles. The Labute approximate surface area is 106 Å². The Morgan fingerprint density at radius 2 is 2.06 bits per heavy atom. The summed E-state index contributed by atoms with van der Waals surface area (Å²) in [5.74, 6) is 0.995. The van der Waals surface area contributed by atoms with E-state index < -0.39 is 0 Å². The Balaban J connectivity index is 1.79. The third kappa shape index (κ3) is 3.56. The van der Waals surface area contributed by atoms with Gasteiger partial charge in [0.05, 0.1) is 0 Å². The number of likely N-dealkylation sites (tertiary alicyclic amines) is 1. The van der Waals surface area contributed by atoms with Crippen molar-refractivity contribution < 1.29 is 0 Å². The lowest BCUT2D eigenvalue weighted by Gasteiger charge is -2.38. The van der Waals surface area contributed by atoms with E-state index in [1.54, 1.807) is 0 Å². The molecule has 98 valence electrons. The van der Waals surface area contributed by atoms with Crippen LogP contribution in [0, 0.1) is 5.92 Å². The largest absolute Gasteiger partial charge is 0.311 e. The number of rotatable bonds is 5. The molecule has 1 saturated heterocycles. The summed E-state index contributed by atoms with van der Waals surface area (Å²) in [6.07, 6.45) is 7.21. The van der Waals surface area contributed by atoms with Crippen LogP contribution >= 0.6 is 0 Å². The standard InChI is InChI=1S/C15H28N2/c1-12(2)16-10-13(3)11-17-9-5-7-14-6-4-8-15(14)17/h12,14-16H,3-11H2,1-2H3. The molecule has 2 aliphatic rings. The zero-order valence-electron chi connectivity index (χ0n) is 11.5. The second-order valence-electron chi connectivity index (χ2n) is 6.16. The Bertz CT molecular complexity index is 260. The van der Waals surface area contributed by atoms with Gasteiger partial charge in [0.25, 0.3) is 0 Å². The summed E-state index contributed by atoms with van der Waals surface area (Å²) in [4.78, 5) is 2.70. The highest BCUT2D eigenvalue weighted by atomic mass is 15.2. The van der Waals surface area contributed by atoms with E-state index in [0.29, 0.717) is 6.04 Å². The van der Waals surface area contributed by atoms with Crippen molar-refractivity contribution in [2.45, 2.75) is 58.0 Å². The van der Waals surface area contributed by atoms with E-state index in [1.807, 2.05) is 0 Å². The molecule has 2 fully saturated rings. The molecule has 2 atom stereocenters. The maximum absolute atomic E-state index is 4.23. The van der Waals surface area contributed by atoms with Crippen LogP contribution in [-0.4, -0.2) is 36.6 Å². The van der Waals surface area contributed by atoms with Crippen molar-refractivity contribution in [1.82, 2.24) is 10.2 Å². The molecule has 0 radical (unpaired) electrons. The fourth-order valence-corrected chi connectivity index (χ4v) is 3.44. The fourth-order valence-electron chi connectivity index (χ4n) is 3.44. The zero-order valence-corrected chi connectivity index (χ0v) is 11.5. The fraction of sp³-hybridized carbons (Fsp3) is 0.867. The first kappa shape index (κ1) is 13.1. The Kier molecular flexibility index (Phi) is 4.63. The number of fused-ring (bicyclic) bond motifs is 1. The average molecular weight is 236 g/mol. The molecule has 1 saturated carbocycles. The molecule has 2 nitrogen and oxygen atoms in total. The molecule has 1 N–H and O–H groups in total. The first-order valence-corrected chi connectivity index (χ1v) is 7.31. The van der Waals surface area contributed by atoms with Crippen LogP contribution in [0.25, 0.3) is 0 Å². The van der Waals surface area contributed by atoms with Gasteiger partial charge in [0.1, 0.15) is 0 Å². The molecule has 2 unspecified atom stereocenters. The lowest BCUT2D eigenvalue weighted by Crippen LogP contribution is -2.44. The topological polar surface area (TPSA) is 15.3 Å². The van der Waals surface area contributed by atoms with Crippen LogP contribution in [-0.2, 0) is 0 Å². The maximum atomic E-state index is 4.23. The van der Waals surface area contributed by atoms with Crippen LogP contribution in [0.3, 0.4) is 0 Å². The number of piperidine rings is 1. The van der Waals surface area contributed by atoms with E-state index in [-0.39, 0.29) is 0 Å². The Morgan fingerprint density at radius 1 is 1.29 bits per heavy atom. The molecule has 1 heterocycles. The molecule has 0 amide bonds. The van der Waals surface area contributed by atoms with Crippen LogP contribution < -0.4 is 5.32 Å². The summed E-state index contributed by atoms with van der Waals surface area (Å²) < 4.78 is 0. The van der Waals surface area contributed by atoms with Gasteiger partial charge < -0.3 is 5.32 Å². The SMILES string of the molecule is C=C(CNC(C)C)CN1CCCC2CCCC21. The van der Waals surface area contributed by atoms with Crippen LogP contribution in [0.2, 0.25) is 0 Å². The van der Waals surface area contributed by atoms with Crippen LogP contribution in [0.15, 0.2) is 12.2 Å². The molecule has 17 heavy (non-hydrogen) atoms. The summed E-state index contributed by atoms with van der Waals surface area (Å²) in [5.41, 5.74) is 1.35. The quantitative estimate of drug-likeness (QED) is 0.738. The second kappa shape index (κ2) is 6.01. The van der Waals surface area contributed by atoms with Crippen molar-refractivity contribution in [3.05, 3.63) is 12.2 Å². The normalized spacial score (nSPS) is 29.6. The highest BCUT2D eigenvalue weighted by Gasteiger charge is 2.34. The predicted molar refractivity (Wildman–Crippen MR) is 74.2 cm³/mol. The van der Waals surface area contributed by atoms with Gasteiger partial charge in [-0.05, 0) is 43.7 Å². The Hall–Kier alpha value is -0.340. The van der Waals surface area contributed by atoms with Crippen LogP contribution in [0.1, 0.15) is 46.0 Å². The molecule has 1 aliphatic heterocycles. The van der Waals surface area contributed by atoms with Gasteiger partial charge in [-0.15, -0.1) is 0 Å². The minimum atomic E-state index is 0.562. The first-order valence-electron chi connectivity index (χ1n) is 7.31. The van der Waals surface area contributed by atoms with Gasteiger partial charge in [-0.1, -0.05) is 26.8 Å². The van der Waals surface area contributed by atoms with E-state index in [0.717, 1.165) is 25.0 Å². The molecule has 2 heteroatoms. The zero-order chi connectivity index (χ0) is 12.3.